The van der Waals surface area contributed by atoms with Gasteiger partial charge >= 0.3 is 0 Å². The Bertz CT molecular complexity index is 224. The van der Waals surface area contributed by atoms with Crippen molar-refractivity contribution in [3.63, 3.8) is 0 Å². The molecule has 0 unspecified atom stereocenters. The van der Waals surface area contributed by atoms with E-state index < -0.39 is 0 Å². The van der Waals surface area contributed by atoms with Gasteiger partial charge in [0.15, 0.2) is 0 Å². The molecule has 3 heteroatoms. The van der Waals surface area contributed by atoms with Crippen molar-refractivity contribution < 1.29 is 9.47 Å². The third-order valence-corrected chi connectivity index (χ3v) is 5.03. The van der Waals surface area contributed by atoms with Crippen LogP contribution in [0.25, 0.3) is 0 Å². The fourth-order valence-corrected chi connectivity index (χ4v) is 2.85. The molecule has 0 saturated heterocycles. The monoisotopic (exact) mass is 343 g/mol. The van der Waals surface area contributed by atoms with Gasteiger partial charge in [-0.15, -0.1) is 0 Å². The van der Waals surface area contributed by atoms with E-state index in [0.29, 0.717) is 0 Å². The molecule has 146 valence electrons. The molecule has 24 heavy (non-hydrogen) atoms. The second-order valence-electron chi connectivity index (χ2n) is 7.29. The molecule has 0 rings (SSSR count). The number of unbranched alkanes of at least 4 members (excludes halogenated alkanes) is 2. The number of nitrogens with zero attached hydrogens (tertiary/aromatic N) is 1. The second kappa shape index (κ2) is 17.7. The number of ether oxygens (including phenoxy) is 2. The summed E-state index contributed by atoms with van der Waals surface area (Å²) in [7, 11) is 2.16. The van der Waals surface area contributed by atoms with E-state index in [1.807, 2.05) is 0 Å². The normalized spacial score (nSPS) is 14.2. The van der Waals surface area contributed by atoms with Crippen molar-refractivity contribution >= 4 is 0 Å². The zero-order valence-electron chi connectivity index (χ0n) is 17.3. The lowest BCUT2D eigenvalue weighted by atomic mass is 10.0. The van der Waals surface area contributed by atoms with E-state index in [2.05, 4.69) is 39.6 Å². The zero-order valence-corrected chi connectivity index (χ0v) is 17.3. The van der Waals surface area contributed by atoms with E-state index in [-0.39, 0.29) is 0 Å². The van der Waals surface area contributed by atoms with Gasteiger partial charge in [-0.05, 0) is 31.7 Å². The summed E-state index contributed by atoms with van der Waals surface area (Å²) < 4.78 is 11.8. The smallest absolute Gasteiger partial charge is 0.0593 e. The van der Waals surface area contributed by atoms with Crippen molar-refractivity contribution in [2.75, 3.05) is 46.6 Å². The van der Waals surface area contributed by atoms with Gasteiger partial charge in [-0.2, -0.15) is 0 Å². The van der Waals surface area contributed by atoms with Crippen LogP contribution in [0.1, 0.15) is 79.1 Å². The molecular weight excluding hydrogens is 298 g/mol. The quantitative estimate of drug-likeness (QED) is 0.312. The maximum absolute atomic E-state index is 5.88. The number of rotatable bonds is 18. The molecule has 0 aliphatic rings. The molecule has 0 saturated carbocycles. The van der Waals surface area contributed by atoms with Crippen LogP contribution in [0, 0.1) is 11.8 Å². The lowest BCUT2D eigenvalue weighted by molar-refractivity contribution is 0.0563. The Kier molecular flexibility index (Phi) is 17.6. The van der Waals surface area contributed by atoms with Crippen molar-refractivity contribution in [1.29, 1.82) is 0 Å². The van der Waals surface area contributed by atoms with Gasteiger partial charge in [0.1, 0.15) is 0 Å². The van der Waals surface area contributed by atoms with Crippen LogP contribution in [-0.2, 0) is 9.47 Å². The van der Waals surface area contributed by atoms with Crippen LogP contribution in [-0.4, -0.2) is 51.5 Å². The van der Waals surface area contributed by atoms with Gasteiger partial charge < -0.3 is 14.4 Å². The summed E-state index contributed by atoms with van der Waals surface area (Å²) >= 11 is 0. The Labute approximate surface area is 152 Å². The minimum Gasteiger partial charge on any atom is -0.380 e. The third kappa shape index (κ3) is 14.2. The number of hydrogen-bond acceptors (Lipinski definition) is 3. The predicted octanol–water partition coefficient (Wildman–Crippen LogP) is 5.38. The van der Waals surface area contributed by atoms with E-state index in [0.717, 1.165) is 51.4 Å². The predicted molar refractivity (Wildman–Crippen MR) is 106 cm³/mol. The summed E-state index contributed by atoms with van der Waals surface area (Å²) in [6.45, 7) is 14.6. The maximum atomic E-state index is 5.88. The largest absolute Gasteiger partial charge is 0.380 e. The molecule has 0 aromatic heterocycles. The highest BCUT2D eigenvalue weighted by molar-refractivity contribution is 4.58. The highest BCUT2D eigenvalue weighted by Crippen LogP contribution is 2.13. The minimum absolute atomic E-state index is 0.743. The minimum atomic E-state index is 0.743. The van der Waals surface area contributed by atoms with Crippen molar-refractivity contribution in [3.05, 3.63) is 0 Å². The molecule has 0 aromatic rings. The average Bonchev–Trinajstić information content (AvgIpc) is 2.60. The fourth-order valence-electron chi connectivity index (χ4n) is 2.85. The summed E-state index contributed by atoms with van der Waals surface area (Å²) in [4.78, 5) is 2.32. The highest BCUT2D eigenvalue weighted by Gasteiger charge is 2.08. The van der Waals surface area contributed by atoms with Crippen LogP contribution in [0.3, 0.4) is 0 Å². The highest BCUT2D eigenvalue weighted by atomic mass is 16.5. The molecule has 0 bridgehead atoms. The van der Waals surface area contributed by atoms with Gasteiger partial charge in [0.2, 0.25) is 0 Å². The lowest BCUT2D eigenvalue weighted by Crippen LogP contribution is -2.28. The summed E-state index contributed by atoms with van der Waals surface area (Å²) in [6.07, 6.45) is 10.3. The van der Waals surface area contributed by atoms with Gasteiger partial charge in [0.25, 0.3) is 0 Å². The Morgan fingerprint density at radius 1 is 0.708 bits per heavy atom. The molecule has 0 radical (unpaired) electrons. The Morgan fingerprint density at radius 2 is 1.12 bits per heavy atom. The van der Waals surface area contributed by atoms with Gasteiger partial charge in [-0.1, -0.05) is 66.2 Å². The fraction of sp³-hybridized carbons (Fsp3) is 1.00. The molecule has 0 heterocycles. The molecule has 0 spiro atoms. The maximum Gasteiger partial charge on any atom is 0.0593 e. The Hall–Kier alpha value is -0.120. The third-order valence-electron chi connectivity index (χ3n) is 5.03. The number of hydrogen-bond donors (Lipinski definition) is 0. The Morgan fingerprint density at radius 3 is 1.46 bits per heavy atom. The summed E-state index contributed by atoms with van der Waals surface area (Å²) in [5.41, 5.74) is 0. The van der Waals surface area contributed by atoms with E-state index in [9.17, 15) is 0 Å². The SMILES string of the molecule is CCCC[C@H](CC)COCCN(C)CCOC[C@@H](CC)CCCC. The van der Waals surface area contributed by atoms with Gasteiger partial charge in [0, 0.05) is 26.3 Å². The van der Waals surface area contributed by atoms with Crippen LogP contribution in [0.4, 0.5) is 0 Å². The molecule has 0 aromatic carbocycles. The van der Waals surface area contributed by atoms with Gasteiger partial charge in [-0.25, -0.2) is 0 Å². The van der Waals surface area contributed by atoms with E-state index in [1.165, 1.54) is 51.4 Å². The van der Waals surface area contributed by atoms with E-state index in [1.54, 1.807) is 0 Å². The lowest BCUT2D eigenvalue weighted by Gasteiger charge is -2.20. The first-order valence-corrected chi connectivity index (χ1v) is 10.5. The molecule has 3 nitrogen and oxygen atoms in total. The zero-order chi connectivity index (χ0) is 18.0. The van der Waals surface area contributed by atoms with Crippen LogP contribution >= 0.6 is 0 Å². The first-order valence-electron chi connectivity index (χ1n) is 10.5. The van der Waals surface area contributed by atoms with Crippen LogP contribution in [0.15, 0.2) is 0 Å². The molecule has 0 N–H and O–H groups in total. The van der Waals surface area contributed by atoms with Gasteiger partial charge in [-0.3, -0.25) is 0 Å². The van der Waals surface area contributed by atoms with Crippen molar-refractivity contribution in [2.24, 2.45) is 11.8 Å². The van der Waals surface area contributed by atoms with Crippen molar-refractivity contribution in [3.8, 4) is 0 Å². The molecular formula is C21H45NO2. The summed E-state index contributed by atoms with van der Waals surface area (Å²) in [6, 6.07) is 0. The number of likely N-dealkylation sites (N-methyl/N-ethyl adjacent to an activating group) is 1. The first-order chi connectivity index (χ1) is 11.7. The molecule has 2 atom stereocenters. The van der Waals surface area contributed by atoms with Crippen LogP contribution in [0.5, 0.6) is 0 Å². The standard InChI is InChI=1S/C21H45NO2/c1-6-10-12-20(8-3)18-23-16-14-22(5)15-17-24-19-21(9-4)13-11-7-2/h20-21H,6-19H2,1-5H3/t20-,21-/m0/s1. The summed E-state index contributed by atoms with van der Waals surface area (Å²) in [5.74, 6) is 1.49. The molecule has 0 aliphatic carbocycles. The molecule has 0 amide bonds. The van der Waals surface area contributed by atoms with E-state index in [4.69, 9.17) is 9.47 Å². The van der Waals surface area contributed by atoms with Crippen molar-refractivity contribution in [1.82, 2.24) is 4.90 Å². The average molecular weight is 344 g/mol. The van der Waals surface area contributed by atoms with Crippen molar-refractivity contribution in [2.45, 2.75) is 79.1 Å². The Balaban J connectivity index is 3.56. The topological polar surface area (TPSA) is 21.7 Å². The van der Waals surface area contributed by atoms with Crippen LogP contribution < -0.4 is 0 Å². The second-order valence-corrected chi connectivity index (χ2v) is 7.29. The first kappa shape index (κ1) is 23.9. The van der Waals surface area contributed by atoms with Gasteiger partial charge in [0.05, 0.1) is 13.2 Å². The van der Waals surface area contributed by atoms with E-state index >= 15 is 0 Å². The summed E-state index contributed by atoms with van der Waals surface area (Å²) in [5, 5.41) is 0. The molecule has 0 fully saturated rings. The molecule has 0 aliphatic heterocycles. The van der Waals surface area contributed by atoms with Crippen LogP contribution in [0.2, 0.25) is 0 Å².